The molecule has 4 aromatic rings. The molecule has 1 atom stereocenters. The van der Waals surface area contributed by atoms with Crippen LogP contribution in [0.3, 0.4) is 0 Å². The number of imidazole rings is 2. The number of esters is 2. The van der Waals surface area contributed by atoms with Crippen molar-refractivity contribution in [3.05, 3.63) is 60.2 Å². The topological polar surface area (TPSA) is 141 Å². The Bertz CT molecular complexity index is 1680. The van der Waals surface area contributed by atoms with Gasteiger partial charge in [-0.25, -0.2) is 37.9 Å². The van der Waals surface area contributed by atoms with Crippen LogP contribution in [0.25, 0.3) is 22.1 Å². The van der Waals surface area contributed by atoms with Gasteiger partial charge in [0.25, 0.3) is 6.17 Å². The Morgan fingerprint density at radius 3 is 1.71 bits per heavy atom. The molecule has 0 aliphatic heterocycles. The van der Waals surface area contributed by atoms with E-state index in [4.69, 9.17) is 14.2 Å². The Kier molecular flexibility index (Phi) is 11.0. The molecule has 0 spiro atoms. The first-order valence-electron chi connectivity index (χ1n) is 14.4. The molecule has 0 saturated carbocycles. The van der Waals surface area contributed by atoms with Crippen molar-refractivity contribution >= 4 is 46.2 Å². The lowest BCUT2D eigenvalue weighted by Crippen LogP contribution is -2.29. The minimum atomic E-state index is -2.17. The van der Waals surface area contributed by atoms with Crippen LogP contribution in [0, 0.1) is 0 Å². The molecule has 2 aromatic carbocycles. The molecular weight excluding hydrogens is 587 g/mol. The molecule has 0 fully saturated rings. The third kappa shape index (κ3) is 9.10. The maximum absolute atomic E-state index is 14.4. The molecule has 0 aliphatic rings. The second kappa shape index (κ2) is 14.3. The van der Waals surface area contributed by atoms with Crippen LogP contribution >= 0.6 is 0 Å². The number of carbonyl (C=O) groups is 4. The number of aromatic nitrogens is 4. The molecular formula is C32H39FN4O8. The number of nitrogens with zero attached hydrogens (tertiary/aromatic N) is 4. The van der Waals surface area contributed by atoms with Crippen LogP contribution in [0.15, 0.2) is 48.5 Å². The maximum Gasteiger partial charge on any atom is 0.420 e. The third-order valence-corrected chi connectivity index (χ3v) is 5.70. The van der Waals surface area contributed by atoms with E-state index in [2.05, 4.69) is 14.7 Å². The number of rotatable bonds is 6. The highest BCUT2D eigenvalue weighted by molar-refractivity contribution is 5.90. The number of halogens is 1. The quantitative estimate of drug-likeness (QED) is 0.176. The van der Waals surface area contributed by atoms with Gasteiger partial charge in [-0.15, -0.1) is 0 Å². The van der Waals surface area contributed by atoms with Crippen molar-refractivity contribution in [3.63, 3.8) is 0 Å². The zero-order valence-electron chi connectivity index (χ0n) is 26.8. The molecule has 0 amide bonds. The van der Waals surface area contributed by atoms with E-state index < -0.39 is 41.5 Å². The highest BCUT2D eigenvalue weighted by Gasteiger charge is 2.32. The smallest absolute Gasteiger partial charge is 0.420 e. The van der Waals surface area contributed by atoms with Crippen LogP contribution < -0.4 is 0 Å². The van der Waals surface area contributed by atoms with Gasteiger partial charge in [0.05, 0.1) is 35.3 Å². The fraction of sp³-hybridized carbons (Fsp3) is 0.438. The van der Waals surface area contributed by atoms with Gasteiger partial charge in [0.2, 0.25) is 0 Å². The summed E-state index contributed by atoms with van der Waals surface area (Å²) in [7, 11) is 0. The number of fused-ring (bicyclic) bond motifs is 2. The lowest BCUT2D eigenvalue weighted by atomic mass is 10.2. The van der Waals surface area contributed by atoms with Crippen molar-refractivity contribution in [1.29, 1.82) is 0 Å². The molecule has 13 heteroatoms. The highest BCUT2D eigenvalue weighted by atomic mass is 19.1. The molecule has 1 unspecified atom stereocenters. The summed E-state index contributed by atoms with van der Waals surface area (Å²) in [4.78, 5) is 56.7. The summed E-state index contributed by atoms with van der Waals surface area (Å²) in [5.74, 6) is -1.55. The SMILES string of the molecule is CCOC(=O)C(F)c1nc2ccccc2n1C(=O)OC(C)(C)C.CCOC(=O)Cc1nc2ccccc2n1C(=O)OC(C)(C)C. The average molecular weight is 627 g/mol. The van der Waals surface area contributed by atoms with E-state index >= 15 is 0 Å². The Balaban J connectivity index is 0.000000246. The van der Waals surface area contributed by atoms with E-state index in [1.807, 2.05) is 6.07 Å². The maximum atomic E-state index is 14.4. The van der Waals surface area contributed by atoms with Gasteiger partial charge in [0, 0.05) is 0 Å². The first kappa shape index (κ1) is 34.7. The first-order valence-corrected chi connectivity index (χ1v) is 14.4. The van der Waals surface area contributed by atoms with Crippen LogP contribution in [0.2, 0.25) is 0 Å². The van der Waals surface area contributed by atoms with Crippen molar-refractivity contribution in [2.75, 3.05) is 13.2 Å². The van der Waals surface area contributed by atoms with Crippen molar-refractivity contribution < 1.29 is 42.5 Å². The molecule has 2 heterocycles. The molecule has 242 valence electrons. The standard InChI is InChI=1S/C16H19FN2O4.C16H20N2O4/c1-5-22-14(20)12(17)13-18-10-8-6-7-9-11(10)19(13)15(21)23-16(2,3)4;1-5-21-14(19)10-13-17-11-8-6-7-9-12(11)18(13)15(20)22-16(2,3)4/h6-9,12H,5H2,1-4H3;6-9H,5,10H2,1-4H3. The zero-order chi connectivity index (χ0) is 33.5. The van der Waals surface area contributed by atoms with Gasteiger partial charge in [-0.2, -0.15) is 0 Å². The summed E-state index contributed by atoms with van der Waals surface area (Å²) in [6.45, 7) is 14.1. The number of benzene rings is 2. The van der Waals surface area contributed by atoms with Crippen molar-refractivity contribution in [3.8, 4) is 0 Å². The van der Waals surface area contributed by atoms with Crippen molar-refractivity contribution in [1.82, 2.24) is 19.1 Å². The van der Waals surface area contributed by atoms with E-state index in [0.717, 1.165) is 4.57 Å². The van der Waals surface area contributed by atoms with Crippen LogP contribution in [0.4, 0.5) is 14.0 Å². The van der Waals surface area contributed by atoms with E-state index in [0.29, 0.717) is 27.9 Å². The largest absolute Gasteiger partial charge is 0.466 e. The third-order valence-electron chi connectivity index (χ3n) is 5.70. The summed E-state index contributed by atoms with van der Waals surface area (Å²) < 4.78 is 37.0. The Morgan fingerprint density at radius 2 is 1.20 bits per heavy atom. The number of ether oxygens (including phenoxy) is 4. The van der Waals surface area contributed by atoms with Gasteiger partial charge in [-0.3, -0.25) is 4.79 Å². The number of alkyl halides is 1. The fourth-order valence-electron chi connectivity index (χ4n) is 4.08. The van der Waals surface area contributed by atoms with Gasteiger partial charge in [0.1, 0.15) is 23.4 Å². The highest BCUT2D eigenvalue weighted by Crippen LogP contribution is 2.26. The molecule has 0 aliphatic carbocycles. The monoisotopic (exact) mass is 626 g/mol. The molecule has 4 rings (SSSR count). The fourth-order valence-corrected chi connectivity index (χ4v) is 4.08. The second-order valence-corrected chi connectivity index (χ2v) is 11.7. The van der Waals surface area contributed by atoms with Gasteiger partial charge in [0.15, 0.2) is 5.82 Å². The minimum absolute atomic E-state index is 0.0337. The van der Waals surface area contributed by atoms with Crippen LogP contribution in [-0.4, -0.2) is 67.6 Å². The summed E-state index contributed by atoms with van der Waals surface area (Å²) in [5.41, 5.74) is 0.590. The van der Waals surface area contributed by atoms with Crippen LogP contribution in [0.1, 0.15) is 73.2 Å². The lowest BCUT2D eigenvalue weighted by Gasteiger charge is -2.20. The molecule has 0 bridgehead atoms. The van der Waals surface area contributed by atoms with Crippen molar-refractivity contribution in [2.24, 2.45) is 0 Å². The van der Waals surface area contributed by atoms with Gasteiger partial charge < -0.3 is 18.9 Å². The molecule has 0 radical (unpaired) electrons. The van der Waals surface area contributed by atoms with Crippen molar-refractivity contribution in [2.45, 2.75) is 79.2 Å². The van der Waals surface area contributed by atoms with E-state index in [1.165, 1.54) is 4.57 Å². The van der Waals surface area contributed by atoms with E-state index in [9.17, 15) is 23.6 Å². The molecule has 12 nitrogen and oxygen atoms in total. The summed E-state index contributed by atoms with van der Waals surface area (Å²) >= 11 is 0. The summed E-state index contributed by atoms with van der Waals surface area (Å²) in [6, 6.07) is 13.8. The minimum Gasteiger partial charge on any atom is -0.466 e. The molecule has 0 saturated heterocycles. The lowest BCUT2D eigenvalue weighted by molar-refractivity contribution is -0.149. The average Bonchev–Trinajstić information content (AvgIpc) is 3.49. The number of para-hydroxylation sites is 4. The summed E-state index contributed by atoms with van der Waals surface area (Å²) in [6.07, 6.45) is -3.61. The number of hydrogen-bond donors (Lipinski definition) is 0. The second-order valence-electron chi connectivity index (χ2n) is 11.7. The number of hydrogen-bond acceptors (Lipinski definition) is 10. The van der Waals surface area contributed by atoms with Crippen LogP contribution in [0.5, 0.6) is 0 Å². The normalized spacial score (nSPS) is 12.2. The Morgan fingerprint density at radius 1 is 0.733 bits per heavy atom. The summed E-state index contributed by atoms with van der Waals surface area (Å²) in [5, 5.41) is 0. The first-order chi connectivity index (χ1) is 21.1. The number of carbonyl (C=O) groups excluding carboxylic acids is 4. The molecule has 2 aromatic heterocycles. The van der Waals surface area contributed by atoms with Gasteiger partial charge in [-0.05, 0) is 79.7 Å². The van der Waals surface area contributed by atoms with E-state index in [1.54, 1.807) is 97.9 Å². The Hall–Kier alpha value is -4.81. The molecule has 0 N–H and O–H groups in total. The predicted octanol–water partition coefficient (Wildman–Crippen LogP) is 6.32. The van der Waals surface area contributed by atoms with Crippen LogP contribution in [-0.2, 0) is 35.0 Å². The van der Waals surface area contributed by atoms with Gasteiger partial charge in [-0.1, -0.05) is 24.3 Å². The Labute approximate surface area is 260 Å². The predicted molar refractivity (Wildman–Crippen MR) is 164 cm³/mol. The van der Waals surface area contributed by atoms with E-state index in [-0.39, 0.29) is 25.5 Å². The van der Waals surface area contributed by atoms with Gasteiger partial charge >= 0.3 is 24.1 Å². The molecule has 45 heavy (non-hydrogen) atoms. The zero-order valence-corrected chi connectivity index (χ0v) is 26.8.